The average molecular weight is 208 g/mol. The van der Waals surface area contributed by atoms with E-state index in [1.54, 1.807) is 0 Å². The molecule has 0 fully saturated rings. The maximum atomic E-state index is 11.1. The number of hydrogen-bond donors (Lipinski definition) is 1. The molecular formula is C11H16N2O2. The molecule has 0 aliphatic carbocycles. The summed E-state index contributed by atoms with van der Waals surface area (Å²) in [6.45, 7) is 11.3. The first kappa shape index (κ1) is 11.5. The summed E-state index contributed by atoms with van der Waals surface area (Å²) in [5, 5.41) is 6.41. The van der Waals surface area contributed by atoms with E-state index < -0.39 is 0 Å². The van der Waals surface area contributed by atoms with Gasteiger partial charge in [-0.3, -0.25) is 4.79 Å². The minimum absolute atomic E-state index is 0.117. The number of aromatic nitrogens is 1. The van der Waals surface area contributed by atoms with E-state index in [2.05, 4.69) is 17.1 Å². The van der Waals surface area contributed by atoms with Crippen LogP contribution in [-0.4, -0.2) is 11.1 Å². The van der Waals surface area contributed by atoms with E-state index in [1.807, 2.05) is 27.7 Å². The predicted molar refractivity (Wildman–Crippen MR) is 58.8 cm³/mol. The number of rotatable bonds is 2. The van der Waals surface area contributed by atoms with Crippen LogP contribution in [0, 0.1) is 6.92 Å². The first-order valence-corrected chi connectivity index (χ1v) is 4.76. The molecule has 1 rings (SSSR count). The molecule has 1 aromatic heterocycles. The molecule has 1 heterocycles. The van der Waals surface area contributed by atoms with Gasteiger partial charge in [0.15, 0.2) is 5.82 Å². The third-order valence-corrected chi connectivity index (χ3v) is 2.03. The van der Waals surface area contributed by atoms with Crippen LogP contribution in [0.4, 0.5) is 5.82 Å². The summed E-state index contributed by atoms with van der Waals surface area (Å²) in [4.78, 5) is 11.1. The van der Waals surface area contributed by atoms with Gasteiger partial charge in [0.05, 0.1) is 0 Å². The molecule has 4 nitrogen and oxygen atoms in total. The maximum absolute atomic E-state index is 11.1. The Morgan fingerprint density at radius 2 is 2.13 bits per heavy atom. The molecule has 0 aliphatic rings. The second kappa shape index (κ2) is 3.88. The first-order valence-electron chi connectivity index (χ1n) is 4.76. The van der Waals surface area contributed by atoms with E-state index in [0.29, 0.717) is 5.82 Å². The van der Waals surface area contributed by atoms with Crippen molar-refractivity contribution in [2.75, 3.05) is 5.32 Å². The van der Waals surface area contributed by atoms with Crippen molar-refractivity contribution in [2.45, 2.75) is 33.1 Å². The zero-order valence-electron chi connectivity index (χ0n) is 9.55. The zero-order valence-corrected chi connectivity index (χ0v) is 9.55. The molecular weight excluding hydrogens is 192 g/mol. The Kier molecular flexibility index (Phi) is 2.98. The van der Waals surface area contributed by atoms with Gasteiger partial charge in [-0.15, -0.1) is 0 Å². The molecule has 0 unspecified atom stereocenters. The van der Waals surface area contributed by atoms with Crippen molar-refractivity contribution in [1.82, 2.24) is 5.16 Å². The molecule has 0 aromatic carbocycles. The molecule has 0 atom stereocenters. The molecule has 0 saturated heterocycles. The van der Waals surface area contributed by atoms with Crippen LogP contribution in [-0.2, 0) is 10.2 Å². The Bertz CT molecular complexity index is 386. The molecule has 15 heavy (non-hydrogen) atoms. The lowest BCUT2D eigenvalue weighted by Gasteiger charge is -2.14. The number of carbonyl (C=O) groups excluding carboxylic acids is 1. The second-order valence-electron chi connectivity index (χ2n) is 4.43. The molecule has 4 heteroatoms. The van der Waals surface area contributed by atoms with Gasteiger partial charge < -0.3 is 9.84 Å². The van der Waals surface area contributed by atoms with E-state index in [1.165, 1.54) is 6.08 Å². The lowest BCUT2D eigenvalue weighted by Crippen LogP contribution is -2.12. The number of anilines is 1. The lowest BCUT2D eigenvalue weighted by molar-refractivity contribution is -0.111. The molecule has 1 amide bonds. The fourth-order valence-electron chi connectivity index (χ4n) is 1.32. The first-order chi connectivity index (χ1) is 6.86. The monoisotopic (exact) mass is 208 g/mol. The van der Waals surface area contributed by atoms with Gasteiger partial charge >= 0.3 is 0 Å². The van der Waals surface area contributed by atoms with Crippen LogP contribution >= 0.6 is 0 Å². The second-order valence-corrected chi connectivity index (χ2v) is 4.43. The lowest BCUT2D eigenvalue weighted by atomic mass is 9.91. The number of hydrogen-bond acceptors (Lipinski definition) is 3. The van der Waals surface area contributed by atoms with Crippen LogP contribution < -0.4 is 5.32 Å². The summed E-state index contributed by atoms with van der Waals surface area (Å²) in [6, 6.07) is 0. The fourth-order valence-corrected chi connectivity index (χ4v) is 1.32. The van der Waals surface area contributed by atoms with E-state index in [4.69, 9.17) is 4.52 Å². The highest BCUT2D eigenvalue weighted by molar-refractivity contribution is 5.98. The number of carbonyl (C=O) groups is 1. The number of nitrogens with one attached hydrogen (secondary N) is 1. The van der Waals surface area contributed by atoms with Gasteiger partial charge in [-0.25, -0.2) is 0 Å². The van der Waals surface area contributed by atoms with Gasteiger partial charge in [0.25, 0.3) is 0 Å². The summed E-state index contributed by atoms with van der Waals surface area (Å²) < 4.78 is 5.21. The largest absolute Gasteiger partial charge is 0.358 e. The maximum Gasteiger partial charge on any atom is 0.249 e. The van der Waals surface area contributed by atoms with Crippen molar-refractivity contribution in [1.29, 1.82) is 0 Å². The number of amides is 1. The van der Waals surface area contributed by atoms with Gasteiger partial charge in [-0.05, 0) is 13.0 Å². The normalized spacial score (nSPS) is 11.2. The summed E-state index contributed by atoms with van der Waals surface area (Å²) in [5.41, 5.74) is 0.742. The summed E-state index contributed by atoms with van der Waals surface area (Å²) in [5.74, 6) is 0.957. The molecule has 0 saturated carbocycles. The Balaban J connectivity index is 2.99. The van der Waals surface area contributed by atoms with E-state index in [9.17, 15) is 4.79 Å². The summed E-state index contributed by atoms with van der Waals surface area (Å²) in [6.07, 6.45) is 1.20. The molecule has 1 N–H and O–H groups in total. The van der Waals surface area contributed by atoms with Gasteiger partial charge in [0.2, 0.25) is 5.91 Å². The highest BCUT2D eigenvalue weighted by Crippen LogP contribution is 2.29. The molecule has 0 spiro atoms. The van der Waals surface area contributed by atoms with Crippen molar-refractivity contribution in [3.63, 3.8) is 0 Å². The van der Waals surface area contributed by atoms with Crippen molar-refractivity contribution < 1.29 is 9.32 Å². The van der Waals surface area contributed by atoms with Gasteiger partial charge in [-0.1, -0.05) is 32.5 Å². The Hall–Kier alpha value is -1.58. The Labute approximate surface area is 89.3 Å². The fraction of sp³-hybridized carbons (Fsp3) is 0.455. The molecule has 1 aromatic rings. The van der Waals surface area contributed by atoms with Crippen LogP contribution in [0.3, 0.4) is 0 Å². The quantitative estimate of drug-likeness (QED) is 0.759. The standard InChI is InChI=1S/C11H16N2O2/c1-6-8(14)12-10-7(2)9(15-13-10)11(3,4)5/h6H,1H2,2-5H3,(H,12,13,14). The van der Waals surface area contributed by atoms with Crippen LogP contribution in [0.15, 0.2) is 17.2 Å². The zero-order chi connectivity index (χ0) is 11.6. The third kappa shape index (κ3) is 2.46. The topological polar surface area (TPSA) is 55.1 Å². The van der Waals surface area contributed by atoms with Crippen molar-refractivity contribution in [3.8, 4) is 0 Å². The third-order valence-electron chi connectivity index (χ3n) is 2.03. The summed E-state index contributed by atoms with van der Waals surface area (Å²) >= 11 is 0. The molecule has 0 radical (unpaired) electrons. The highest BCUT2D eigenvalue weighted by Gasteiger charge is 2.24. The van der Waals surface area contributed by atoms with Gasteiger partial charge in [-0.2, -0.15) is 0 Å². The van der Waals surface area contributed by atoms with Gasteiger partial charge in [0.1, 0.15) is 5.76 Å². The number of nitrogens with zero attached hydrogens (tertiary/aromatic N) is 1. The predicted octanol–water partition coefficient (Wildman–Crippen LogP) is 2.41. The van der Waals surface area contributed by atoms with E-state index in [0.717, 1.165) is 11.3 Å². The Morgan fingerprint density at radius 1 is 1.53 bits per heavy atom. The average Bonchev–Trinajstić information content (AvgIpc) is 2.47. The SMILES string of the molecule is C=CC(=O)Nc1noc(C(C)(C)C)c1C. The molecule has 0 bridgehead atoms. The van der Waals surface area contributed by atoms with Crippen LogP contribution in [0.5, 0.6) is 0 Å². The minimum atomic E-state index is -0.285. The smallest absolute Gasteiger partial charge is 0.249 e. The van der Waals surface area contributed by atoms with Gasteiger partial charge in [0, 0.05) is 11.0 Å². The summed E-state index contributed by atoms with van der Waals surface area (Å²) in [7, 11) is 0. The van der Waals surface area contributed by atoms with Crippen LogP contribution in [0.25, 0.3) is 0 Å². The van der Waals surface area contributed by atoms with Crippen molar-refractivity contribution >= 4 is 11.7 Å². The Morgan fingerprint density at radius 3 is 2.53 bits per heavy atom. The van der Waals surface area contributed by atoms with Crippen LogP contribution in [0.1, 0.15) is 32.1 Å². The van der Waals surface area contributed by atoms with E-state index in [-0.39, 0.29) is 11.3 Å². The highest BCUT2D eigenvalue weighted by atomic mass is 16.5. The van der Waals surface area contributed by atoms with Crippen LogP contribution in [0.2, 0.25) is 0 Å². The van der Waals surface area contributed by atoms with E-state index >= 15 is 0 Å². The molecule has 0 aliphatic heterocycles. The van der Waals surface area contributed by atoms with Crippen molar-refractivity contribution in [2.24, 2.45) is 0 Å². The molecule has 82 valence electrons. The van der Waals surface area contributed by atoms with Crippen molar-refractivity contribution in [3.05, 3.63) is 24.0 Å². The minimum Gasteiger partial charge on any atom is -0.358 e.